The lowest BCUT2D eigenvalue weighted by Crippen LogP contribution is -2.30. The number of phenolic OH excluding ortho intramolecular Hbond substituents is 2. The highest BCUT2D eigenvalue weighted by Gasteiger charge is 2.36. The molecule has 0 saturated carbocycles. The number of benzene rings is 2. The predicted octanol–water partition coefficient (Wildman–Crippen LogP) is 3.72. The van der Waals surface area contributed by atoms with Crippen LogP contribution in [-0.2, 0) is 11.2 Å². The third-order valence-electron chi connectivity index (χ3n) is 5.24. The number of para-hydroxylation sites is 1. The third-order valence-corrected chi connectivity index (χ3v) is 6.46. The number of thioether (sulfide) groups is 1. The van der Waals surface area contributed by atoms with Gasteiger partial charge in [0.25, 0.3) is 0 Å². The van der Waals surface area contributed by atoms with Crippen molar-refractivity contribution in [2.75, 3.05) is 12.3 Å². The van der Waals surface area contributed by atoms with E-state index in [1.807, 2.05) is 53.8 Å². The zero-order valence-electron chi connectivity index (χ0n) is 16.4. The number of aromatic nitrogens is 2. The highest BCUT2D eigenvalue weighted by molar-refractivity contribution is 8.00. The largest absolute Gasteiger partial charge is 0.504 e. The summed E-state index contributed by atoms with van der Waals surface area (Å²) in [5, 5.41) is 23.8. The molecule has 2 aromatic carbocycles. The molecule has 1 aliphatic rings. The minimum atomic E-state index is -0.142. The van der Waals surface area contributed by atoms with Crippen LogP contribution in [0.15, 0.2) is 48.5 Å². The molecule has 1 aromatic heterocycles. The fourth-order valence-electron chi connectivity index (χ4n) is 3.74. The highest BCUT2D eigenvalue weighted by Crippen LogP contribution is 2.41. The summed E-state index contributed by atoms with van der Waals surface area (Å²) in [7, 11) is 0. The Labute approximate surface area is 173 Å². The summed E-state index contributed by atoms with van der Waals surface area (Å²) in [4.78, 5) is 14.5. The van der Waals surface area contributed by atoms with Gasteiger partial charge in [0.05, 0.1) is 17.1 Å². The SMILES string of the molecule is Cc1nn(-c2ccccc2)c(C)c1C1SCC(=O)N1CCc1ccc(O)c(O)c1. The molecular formula is C22H23N3O3S. The zero-order valence-corrected chi connectivity index (χ0v) is 17.2. The molecule has 1 amide bonds. The lowest BCUT2D eigenvalue weighted by molar-refractivity contribution is -0.128. The van der Waals surface area contributed by atoms with Gasteiger partial charge in [-0.3, -0.25) is 4.79 Å². The van der Waals surface area contributed by atoms with Crippen LogP contribution in [0.25, 0.3) is 5.69 Å². The van der Waals surface area contributed by atoms with Gasteiger partial charge in [0.15, 0.2) is 11.5 Å². The van der Waals surface area contributed by atoms with E-state index >= 15 is 0 Å². The number of carbonyl (C=O) groups is 1. The van der Waals surface area contributed by atoms with E-state index in [0.29, 0.717) is 18.7 Å². The maximum Gasteiger partial charge on any atom is 0.233 e. The number of carbonyl (C=O) groups excluding carboxylic acids is 1. The van der Waals surface area contributed by atoms with E-state index in [0.717, 1.165) is 28.2 Å². The van der Waals surface area contributed by atoms with Crippen molar-refractivity contribution < 1.29 is 15.0 Å². The number of hydrogen-bond acceptors (Lipinski definition) is 5. The van der Waals surface area contributed by atoms with Crippen molar-refractivity contribution in [2.24, 2.45) is 0 Å². The molecule has 150 valence electrons. The van der Waals surface area contributed by atoms with E-state index in [1.165, 1.54) is 6.07 Å². The molecule has 1 atom stereocenters. The van der Waals surface area contributed by atoms with Crippen molar-refractivity contribution in [2.45, 2.75) is 25.6 Å². The molecule has 4 rings (SSSR count). The van der Waals surface area contributed by atoms with Crippen molar-refractivity contribution >= 4 is 17.7 Å². The van der Waals surface area contributed by atoms with Gasteiger partial charge in [0.2, 0.25) is 5.91 Å². The second-order valence-electron chi connectivity index (χ2n) is 7.16. The molecular weight excluding hydrogens is 386 g/mol. The zero-order chi connectivity index (χ0) is 20.5. The van der Waals surface area contributed by atoms with Crippen LogP contribution in [0.2, 0.25) is 0 Å². The fourth-order valence-corrected chi connectivity index (χ4v) is 5.12. The second kappa shape index (κ2) is 7.83. The summed E-state index contributed by atoms with van der Waals surface area (Å²) < 4.78 is 1.93. The van der Waals surface area contributed by atoms with Gasteiger partial charge in [0, 0.05) is 17.8 Å². The Morgan fingerprint density at radius 3 is 2.59 bits per heavy atom. The number of aromatic hydroxyl groups is 2. The van der Waals surface area contributed by atoms with Gasteiger partial charge in [-0.1, -0.05) is 24.3 Å². The van der Waals surface area contributed by atoms with Gasteiger partial charge >= 0.3 is 0 Å². The van der Waals surface area contributed by atoms with Crippen molar-refractivity contribution in [1.82, 2.24) is 14.7 Å². The van der Waals surface area contributed by atoms with Gasteiger partial charge in [-0.05, 0) is 50.1 Å². The second-order valence-corrected chi connectivity index (χ2v) is 8.22. The average molecular weight is 410 g/mol. The molecule has 3 aromatic rings. The van der Waals surface area contributed by atoms with Crippen molar-refractivity contribution in [3.63, 3.8) is 0 Å². The summed E-state index contributed by atoms with van der Waals surface area (Å²) in [6, 6.07) is 14.8. The van der Waals surface area contributed by atoms with E-state index in [-0.39, 0.29) is 22.8 Å². The summed E-state index contributed by atoms with van der Waals surface area (Å²) in [5.74, 6) is 0.270. The Balaban J connectivity index is 1.60. The number of phenols is 2. The van der Waals surface area contributed by atoms with Crippen molar-refractivity contribution in [3.8, 4) is 17.2 Å². The predicted molar refractivity (Wildman–Crippen MR) is 113 cm³/mol. The van der Waals surface area contributed by atoms with Crippen LogP contribution in [-0.4, -0.2) is 43.1 Å². The Bertz CT molecular complexity index is 1050. The molecule has 1 aliphatic heterocycles. The molecule has 1 unspecified atom stereocenters. The van der Waals surface area contributed by atoms with Crippen LogP contribution in [0.4, 0.5) is 0 Å². The number of amides is 1. The van der Waals surface area contributed by atoms with E-state index in [9.17, 15) is 15.0 Å². The minimum Gasteiger partial charge on any atom is -0.504 e. The molecule has 7 heteroatoms. The lowest BCUT2D eigenvalue weighted by Gasteiger charge is -2.24. The summed E-state index contributed by atoms with van der Waals surface area (Å²) in [6.45, 7) is 4.57. The first-order valence-corrected chi connectivity index (χ1v) is 10.5. The standard InChI is InChI=1S/C22H23N3O3S/c1-14-21(15(2)25(23-14)17-6-4-3-5-7-17)22-24(20(28)13-29-22)11-10-16-8-9-18(26)19(27)12-16/h3-9,12,22,26-27H,10-11,13H2,1-2H3. The quantitative estimate of drug-likeness (QED) is 0.628. The lowest BCUT2D eigenvalue weighted by atomic mass is 10.1. The Morgan fingerprint density at radius 2 is 1.86 bits per heavy atom. The van der Waals surface area contributed by atoms with E-state index < -0.39 is 0 Å². The molecule has 1 saturated heterocycles. The van der Waals surface area contributed by atoms with Gasteiger partial charge in [0.1, 0.15) is 5.37 Å². The van der Waals surface area contributed by atoms with Gasteiger partial charge in [-0.2, -0.15) is 5.10 Å². The molecule has 0 bridgehead atoms. The summed E-state index contributed by atoms with van der Waals surface area (Å²) in [5.41, 5.74) is 4.91. The van der Waals surface area contributed by atoms with Crippen LogP contribution in [0, 0.1) is 13.8 Å². The smallest absolute Gasteiger partial charge is 0.233 e. The van der Waals surface area contributed by atoms with Gasteiger partial charge in [-0.15, -0.1) is 11.8 Å². The molecule has 2 N–H and O–H groups in total. The highest BCUT2D eigenvalue weighted by atomic mass is 32.2. The molecule has 2 heterocycles. The minimum absolute atomic E-state index is 0.0781. The van der Waals surface area contributed by atoms with Gasteiger partial charge in [-0.25, -0.2) is 4.68 Å². The Morgan fingerprint density at radius 1 is 1.10 bits per heavy atom. The Kier molecular flexibility index (Phi) is 5.24. The molecule has 0 spiro atoms. The maximum atomic E-state index is 12.6. The number of rotatable bonds is 5. The average Bonchev–Trinajstić information content (AvgIpc) is 3.22. The van der Waals surface area contributed by atoms with Crippen LogP contribution in [0.3, 0.4) is 0 Å². The molecule has 6 nitrogen and oxygen atoms in total. The van der Waals surface area contributed by atoms with Crippen LogP contribution < -0.4 is 0 Å². The summed E-state index contributed by atoms with van der Waals surface area (Å²) in [6.07, 6.45) is 0.599. The van der Waals surface area contributed by atoms with E-state index in [1.54, 1.807) is 23.9 Å². The fraction of sp³-hybridized carbons (Fsp3) is 0.273. The molecule has 29 heavy (non-hydrogen) atoms. The number of nitrogens with zero attached hydrogens (tertiary/aromatic N) is 3. The van der Waals surface area contributed by atoms with Crippen LogP contribution >= 0.6 is 11.8 Å². The summed E-state index contributed by atoms with van der Waals surface area (Å²) >= 11 is 1.62. The van der Waals surface area contributed by atoms with Crippen LogP contribution in [0.1, 0.15) is 27.9 Å². The van der Waals surface area contributed by atoms with E-state index in [2.05, 4.69) is 0 Å². The molecule has 0 aliphatic carbocycles. The monoisotopic (exact) mass is 409 g/mol. The molecule has 0 radical (unpaired) electrons. The first kappa shape index (κ1) is 19.4. The third kappa shape index (κ3) is 3.70. The maximum absolute atomic E-state index is 12.6. The first-order chi connectivity index (χ1) is 14.0. The number of hydrogen-bond donors (Lipinski definition) is 2. The van der Waals surface area contributed by atoms with Crippen LogP contribution in [0.5, 0.6) is 11.5 Å². The topological polar surface area (TPSA) is 78.6 Å². The Hall–Kier alpha value is -2.93. The molecule has 1 fully saturated rings. The van der Waals surface area contributed by atoms with E-state index in [4.69, 9.17) is 5.10 Å². The van der Waals surface area contributed by atoms with Gasteiger partial charge < -0.3 is 15.1 Å². The normalized spacial score (nSPS) is 16.6. The van der Waals surface area contributed by atoms with Crippen molar-refractivity contribution in [3.05, 3.63) is 71.0 Å². The van der Waals surface area contributed by atoms with Crippen molar-refractivity contribution in [1.29, 1.82) is 0 Å². The number of aryl methyl sites for hydroxylation is 1. The first-order valence-electron chi connectivity index (χ1n) is 9.49.